The second-order valence-corrected chi connectivity index (χ2v) is 6.54. The van der Waals surface area contributed by atoms with Crippen molar-refractivity contribution < 1.29 is 14.7 Å². The summed E-state index contributed by atoms with van der Waals surface area (Å²) in [4.78, 5) is 24.9. The Kier molecular flexibility index (Phi) is 4.93. The first-order valence-corrected chi connectivity index (χ1v) is 8.37. The maximum atomic E-state index is 12.3. The zero-order chi connectivity index (χ0) is 15.5. The van der Waals surface area contributed by atoms with E-state index in [2.05, 4.69) is 5.32 Å². The summed E-state index contributed by atoms with van der Waals surface area (Å²) in [6, 6.07) is 5.76. The highest BCUT2D eigenvalue weighted by atomic mass is 32.2. The lowest BCUT2D eigenvalue weighted by Crippen LogP contribution is -2.41. The number of benzene rings is 1. The predicted octanol–water partition coefficient (Wildman–Crippen LogP) is 3.09. The van der Waals surface area contributed by atoms with Gasteiger partial charge in [-0.05, 0) is 43.7 Å². The van der Waals surface area contributed by atoms with E-state index in [1.165, 1.54) is 0 Å². The molecule has 0 atom stereocenters. The zero-order valence-electron chi connectivity index (χ0n) is 12.4. The molecule has 1 aromatic rings. The highest BCUT2D eigenvalue weighted by Crippen LogP contribution is 2.37. The van der Waals surface area contributed by atoms with Gasteiger partial charge in [0.1, 0.15) is 0 Å². The van der Waals surface area contributed by atoms with Crippen LogP contribution in [-0.2, 0) is 4.79 Å². The van der Waals surface area contributed by atoms with E-state index in [4.69, 9.17) is 0 Å². The van der Waals surface area contributed by atoms with Gasteiger partial charge in [-0.3, -0.25) is 9.59 Å². The van der Waals surface area contributed by atoms with E-state index in [9.17, 15) is 14.7 Å². The number of carboxylic acid groups (broad SMARTS) is 1. The molecule has 1 aromatic carbocycles. The first-order valence-electron chi connectivity index (χ1n) is 7.15. The van der Waals surface area contributed by atoms with Crippen LogP contribution in [0.15, 0.2) is 23.1 Å². The fourth-order valence-corrected chi connectivity index (χ4v) is 3.28. The van der Waals surface area contributed by atoms with Gasteiger partial charge >= 0.3 is 5.97 Å². The van der Waals surface area contributed by atoms with Crippen molar-refractivity contribution in [2.24, 2.45) is 5.41 Å². The molecule has 0 aromatic heterocycles. The Morgan fingerprint density at radius 3 is 2.57 bits per heavy atom. The van der Waals surface area contributed by atoms with Crippen LogP contribution in [-0.4, -0.2) is 29.8 Å². The molecule has 1 aliphatic carbocycles. The molecule has 21 heavy (non-hydrogen) atoms. The number of hydrogen-bond acceptors (Lipinski definition) is 3. The first-order chi connectivity index (χ1) is 9.98. The molecule has 114 valence electrons. The topological polar surface area (TPSA) is 66.4 Å². The van der Waals surface area contributed by atoms with Crippen LogP contribution in [0, 0.1) is 12.3 Å². The van der Waals surface area contributed by atoms with Crippen molar-refractivity contribution in [1.29, 1.82) is 0 Å². The van der Waals surface area contributed by atoms with Crippen molar-refractivity contribution in [3.8, 4) is 0 Å². The third-order valence-electron chi connectivity index (χ3n) is 4.29. The maximum absolute atomic E-state index is 12.3. The van der Waals surface area contributed by atoms with Crippen molar-refractivity contribution in [3.05, 3.63) is 29.3 Å². The second-order valence-electron chi connectivity index (χ2n) is 5.66. The van der Waals surface area contributed by atoms with Crippen molar-refractivity contribution in [1.82, 2.24) is 5.32 Å². The first kappa shape index (κ1) is 15.9. The van der Waals surface area contributed by atoms with Crippen LogP contribution >= 0.6 is 11.8 Å². The lowest BCUT2D eigenvalue weighted by Gasteiger charge is -2.24. The number of carboxylic acids is 1. The summed E-state index contributed by atoms with van der Waals surface area (Å²) in [5.74, 6) is -0.981. The largest absolute Gasteiger partial charge is 0.481 e. The molecule has 0 saturated heterocycles. The number of rotatable bonds is 5. The summed E-state index contributed by atoms with van der Waals surface area (Å²) in [6.07, 6.45) is 5.09. The van der Waals surface area contributed by atoms with Crippen molar-refractivity contribution in [3.63, 3.8) is 0 Å². The maximum Gasteiger partial charge on any atom is 0.311 e. The Hall–Kier alpha value is -1.49. The molecule has 5 heteroatoms. The summed E-state index contributed by atoms with van der Waals surface area (Å²) >= 11 is 1.58. The van der Waals surface area contributed by atoms with Gasteiger partial charge in [-0.1, -0.05) is 18.9 Å². The van der Waals surface area contributed by atoms with Gasteiger partial charge in [-0.2, -0.15) is 0 Å². The van der Waals surface area contributed by atoms with E-state index in [1.54, 1.807) is 11.8 Å². The second kappa shape index (κ2) is 6.52. The third-order valence-corrected chi connectivity index (χ3v) is 5.02. The van der Waals surface area contributed by atoms with Crippen LogP contribution < -0.4 is 5.32 Å². The van der Waals surface area contributed by atoms with E-state index >= 15 is 0 Å². The number of nitrogens with one attached hydrogen (secondary N) is 1. The quantitative estimate of drug-likeness (QED) is 0.820. The van der Waals surface area contributed by atoms with Gasteiger partial charge in [-0.25, -0.2) is 0 Å². The minimum atomic E-state index is -0.796. The summed E-state index contributed by atoms with van der Waals surface area (Å²) in [5, 5.41) is 12.3. The van der Waals surface area contributed by atoms with Crippen LogP contribution in [0.1, 0.15) is 41.6 Å². The van der Waals surface area contributed by atoms with Crippen molar-refractivity contribution in [2.75, 3.05) is 12.8 Å². The van der Waals surface area contributed by atoms with Crippen LogP contribution in [0.25, 0.3) is 0 Å². The van der Waals surface area contributed by atoms with Crippen LogP contribution in [0.2, 0.25) is 0 Å². The molecule has 4 nitrogen and oxygen atoms in total. The summed E-state index contributed by atoms with van der Waals surface area (Å²) in [6.45, 7) is 2.10. The van der Waals surface area contributed by atoms with Crippen molar-refractivity contribution >= 4 is 23.6 Å². The van der Waals surface area contributed by atoms with Gasteiger partial charge in [0, 0.05) is 17.0 Å². The Bertz CT molecular complexity index is 550. The monoisotopic (exact) mass is 307 g/mol. The minimum Gasteiger partial charge on any atom is -0.481 e. The van der Waals surface area contributed by atoms with E-state index in [0.29, 0.717) is 18.4 Å². The molecule has 0 aliphatic heterocycles. The van der Waals surface area contributed by atoms with Crippen LogP contribution in [0.5, 0.6) is 0 Å². The van der Waals surface area contributed by atoms with E-state index < -0.39 is 11.4 Å². The van der Waals surface area contributed by atoms with Gasteiger partial charge in [0.05, 0.1) is 5.41 Å². The molecule has 1 saturated carbocycles. The molecule has 0 bridgehead atoms. The molecule has 0 radical (unpaired) electrons. The summed E-state index contributed by atoms with van der Waals surface area (Å²) in [7, 11) is 0. The van der Waals surface area contributed by atoms with Gasteiger partial charge in [0.15, 0.2) is 0 Å². The average Bonchev–Trinajstić information content (AvgIpc) is 2.95. The van der Waals surface area contributed by atoms with E-state index in [1.807, 2.05) is 31.4 Å². The Morgan fingerprint density at radius 2 is 2.00 bits per heavy atom. The number of thioether (sulfide) groups is 1. The van der Waals surface area contributed by atoms with Crippen molar-refractivity contribution in [2.45, 2.75) is 37.5 Å². The molecule has 0 unspecified atom stereocenters. The van der Waals surface area contributed by atoms with Gasteiger partial charge in [0.25, 0.3) is 5.91 Å². The smallest absolute Gasteiger partial charge is 0.311 e. The van der Waals surface area contributed by atoms with Crippen LogP contribution in [0.4, 0.5) is 0 Å². The lowest BCUT2D eigenvalue weighted by molar-refractivity contribution is -0.148. The fraction of sp³-hybridized carbons (Fsp3) is 0.500. The normalized spacial score (nSPS) is 16.7. The third kappa shape index (κ3) is 3.40. The standard InChI is InChI=1S/C16H21NO3S/c1-11-5-6-12(21-2)9-13(11)14(18)17-10-16(15(19)20)7-3-4-8-16/h5-6,9H,3-4,7-8,10H2,1-2H3,(H,17,18)(H,19,20). The molecule has 1 fully saturated rings. The summed E-state index contributed by atoms with van der Waals surface area (Å²) in [5.41, 5.74) is 0.752. The molecule has 2 N–H and O–H groups in total. The van der Waals surface area contributed by atoms with Gasteiger partial charge < -0.3 is 10.4 Å². The van der Waals surface area contributed by atoms with Gasteiger partial charge in [0.2, 0.25) is 0 Å². The fourth-order valence-electron chi connectivity index (χ4n) is 2.84. The Morgan fingerprint density at radius 1 is 1.33 bits per heavy atom. The molecule has 0 spiro atoms. The number of aryl methyl sites for hydroxylation is 1. The number of aliphatic carboxylic acids is 1. The van der Waals surface area contributed by atoms with Crippen LogP contribution in [0.3, 0.4) is 0 Å². The number of hydrogen-bond donors (Lipinski definition) is 2. The summed E-state index contributed by atoms with van der Waals surface area (Å²) < 4.78 is 0. The molecule has 1 amide bonds. The van der Waals surface area contributed by atoms with Gasteiger partial charge in [-0.15, -0.1) is 11.8 Å². The molecule has 0 heterocycles. The highest BCUT2D eigenvalue weighted by Gasteiger charge is 2.41. The zero-order valence-corrected chi connectivity index (χ0v) is 13.3. The average molecular weight is 307 g/mol. The number of carbonyl (C=O) groups excluding carboxylic acids is 1. The minimum absolute atomic E-state index is 0.184. The van der Waals surface area contributed by atoms with E-state index in [0.717, 1.165) is 23.3 Å². The Balaban J connectivity index is 2.09. The Labute approximate surface area is 129 Å². The molecule has 1 aliphatic rings. The number of amides is 1. The SMILES string of the molecule is CSc1ccc(C)c(C(=O)NCC2(C(=O)O)CCCC2)c1. The predicted molar refractivity (Wildman–Crippen MR) is 83.8 cm³/mol. The van der Waals surface area contributed by atoms with E-state index in [-0.39, 0.29) is 12.5 Å². The molecular formula is C16H21NO3S. The lowest BCUT2D eigenvalue weighted by atomic mass is 9.86. The highest BCUT2D eigenvalue weighted by molar-refractivity contribution is 7.98. The number of carbonyl (C=O) groups is 2. The molecule has 2 rings (SSSR count). The molecular weight excluding hydrogens is 286 g/mol.